The van der Waals surface area contributed by atoms with Gasteiger partial charge in [-0.05, 0) is 23.8 Å². The van der Waals surface area contributed by atoms with Gasteiger partial charge in [0.15, 0.2) is 11.3 Å². The Morgan fingerprint density at radius 1 is 0.704 bits per heavy atom. The van der Waals surface area contributed by atoms with Crippen molar-refractivity contribution in [1.29, 1.82) is 0 Å². The Labute approximate surface area is 161 Å². The summed E-state index contributed by atoms with van der Waals surface area (Å²) in [4.78, 5) is 14.4. The maximum atomic E-state index is 6.42. The van der Waals surface area contributed by atoms with Gasteiger partial charge in [-0.2, -0.15) is 0 Å². The molecule has 0 aliphatic heterocycles. The molecule has 5 aromatic rings. The summed E-state index contributed by atoms with van der Waals surface area (Å²) in [5.74, 6) is 0.834. The third-order valence-electron chi connectivity index (χ3n) is 4.58. The number of rotatable bonds is 3. The van der Waals surface area contributed by atoms with E-state index in [1.807, 2.05) is 78.9 Å². The van der Waals surface area contributed by atoms with Gasteiger partial charge in [-0.1, -0.05) is 72.3 Å². The van der Waals surface area contributed by atoms with Crippen molar-refractivity contribution in [2.24, 2.45) is 0 Å². The van der Waals surface area contributed by atoms with Crippen LogP contribution in [0.2, 0.25) is 5.02 Å². The van der Waals surface area contributed by atoms with E-state index in [4.69, 9.17) is 26.6 Å². The van der Waals surface area contributed by atoms with Crippen LogP contribution in [0.1, 0.15) is 5.56 Å². The van der Waals surface area contributed by atoms with Crippen LogP contribution in [0, 0.1) is 0 Å². The molecule has 0 N–H and O–H groups in total. The van der Waals surface area contributed by atoms with Crippen molar-refractivity contribution in [2.75, 3.05) is 0 Å². The van der Waals surface area contributed by atoms with E-state index in [-0.39, 0.29) is 0 Å². The molecule has 4 nitrogen and oxygen atoms in total. The van der Waals surface area contributed by atoms with Gasteiger partial charge in [-0.25, -0.2) is 15.0 Å². The zero-order valence-electron chi connectivity index (χ0n) is 14.4. The minimum atomic E-state index is 0.577. The van der Waals surface area contributed by atoms with Crippen molar-refractivity contribution in [3.05, 3.63) is 89.4 Å². The Morgan fingerprint density at radius 2 is 1.37 bits per heavy atom. The molecular formula is C22H15ClN4. The van der Waals surface area contributed by atoms with E-state index in [9.17, 15) is 0 Å². The molecule has 5 heteroatoms. The summed E-state index contributed by atoms with van der Waals surface area (Å²) in [5, 5.41) is 0.729. The molecule has 0 aliphatic rings. The predicted molar refractivity (Wildman–Crippen MR) is 109 cm³/mol. The number of benzene rings is 3. The Kier molecular flexibility index (Phi) is 3.84. The average Bonchev–Trinajstić information content (AvgIpc) is 3.06. The normalized spacial score (nSPS) is 11.3. The number of hydrogen-bond donors (Lipinski definition) is 0. The van der Waals surface area contributed by atoms with Crippen LogP contribution in [-0.4, -0.2) is 19.5 Å². The van der Waals surface area contributed by atoms with Crippen LogP contribution in [0.5, 0.6) is 0 Å². The highest BCUT2D eigenvalue weighted by molar-refractivity contribution is 6.31. The summed E-state index contributed by atoms with van der Waals surface area (Å²) in [6, 6.07) is 25.8. The van der Waals surface area contributed by atoms with E-state index >= 15 is 0 Å². The maximum Gasteiger partial charge on any atom is 0.198 e. The lowest BCUT2D eigenvalue weighted by atomic mass is 10.2. The van der Waals surface area contributed by atoms with E-state index in [1.54, 1.807) is 0 Å². The number of hydrogen-bond acceptors (Lipinski definition) is 3. The van der Waals surface area contributed by atoms with Crippen molar-refractivity contribution in [3.63, 3.8) is 0 Å². The van der Waals surface area contributed by atoms with Crippen LogP contribution in [0.3, 0.4) is 0 Å². The summed E-state index contributed by atoms with van der Waals surface area (Å²) >= 11 is 6.42. The monoisotopic (exact) mass is 370 g/mol. The molecule has 0 aliphatic carbocycles. The third kappa shape index (κ3) is 2.84. The summed E-state index contributed by atoms with van der Waals surface area (Å²) in [5.41, 5.74) is 5.13. The van der Waals surface area contributed by atoms with Crippen molar-refractivity contribution in [1.82, 2.24) is 19.5 Å². The zero-order chi connectivity index (χ0) is 18.2. The van der Waals surface area contributed by atoms with Gasteiger partial charge >= 0.3 is 0 Å². The second-order valence-electron chi connectivity index (χ2n) is 6.34. The van der Waals surface area contributed by atoms with Crippen molar-refractivity contribution < 1.29 is 0 Å². The fourth-order valence-corrected chi connectivity index (χ4v) is 3.45. The number of halogens is 1. The first-order chi connectivity index (χ1) is 13.3. The number of imidazole rings is 1. The molecular weight excluding hydrogens is 356 g/mol. The molecule has 130 valence electrons. The minimum Gasteiger partial charge on any atom is -0.303 e. The first kappa shape index (κ1) is 16.0. The predicted octanol–water partition coefficient (Wildman–Crippen LogP) is 5.35. The maximum absolute atomic E-state index is 6.42. The summed E-state index contributed by atoms with van der Waals surface area (Å²) in [7, 11) is 0. The first-order valence-electron chi connectivity index (χ1n) is 8.71. The summed E-state index contributed by atoms with van der Waals surface area (Å²) < 4.78 is 2.09. The lowest BCUT2D eigenvalue weighted by Crippen LogP contribution is -2.04. The van der Waals surface area contributed by atoms with Gasteiger partial charge in [0, 0.05) is 10.6 Å². The van der Waals surface area contributed by atoms with Gasteiger partial charge in [-0.15, -0.1) is 0 Å². The zero-order valence-corrected chi connectivity index (χ0v) is 15.1. The molecule has 0 saturated heterocycles. The van der Waals surface area contributed by atoms with Crippen LogP contribution in [0.15, 0.2) is 78.9 Å². The van der Waals surface area contributed by atoms with Gasteiger partial charge in [0.05, 0.1) is 17.6 Å². The molecule has 0 unspecified atom stereocenters. The highest BCUT2D eigenvalue weighted by atomic mass is 35.5. The highest BCUT2D eigenvalue weighted by Gasteiger charge is 2.17. The molecule has 0 amide bonds. The second-order valence-corrected chi connectivity index (χ2v) is 6.75. The van der Waals surface area contributed by atoms with Gasteiger partial charge in [0.2, 0.25) is 0 Å². The molecule has 0 spiro atoms. The quantitative estimate of drug-likeness (QED) is 0.430. The molecule has 0 fully saturated rings. The van der Waals surface area contributed by atoms with Crippen LogP contribution in [0.4, 0.5) is 0 Å². The topological polar surface area (TPSA) is 43.6 Å². The second kappa shape index (κ2) is 6.49. The van der Waals surface area contributed by atoms with Crippen LogP contribution in [-0.2, 0) is 6.54 Å². The first-order valence-corrected chi connectivity index (χ1v) is 9.09. The molecule has 0 atom stereocenters. The number of fused-ring (bicyclic) bond motifs is 2. The van der Waals surface area contributed by atoms with Crippen molar-refractivity contribution >= 4 is 33.9 Å². The fraction of sp³-hybridized carbons (Fsp3) is 0.0455. The molecule has 0 saturated carbocycles. The molecule has 0 radical (unpaired) electrons. The smallest absolute Gasteiger partial charge is 0.198 e. The number of nitrogens with zero attached hydrogens (tertiary/aromatic N) is 4. The van der Waals surface area contributed by atoms with E-state index in [1.165, 1.54) is 0 Å². The molecule has 2 heterocycles. The average molecular weight is 371 g/mol. The van der Waals surface area contributed by atoms with Gasteiger partial charge in [0.1, 0.15) is 5.82 Å². The molecule has 27 heavy (non-hydrogen) atoms. The van der Waals surface area contributed by atoms with Crippen molar-refractivity contribution in [2.45, 2.75) is 6.54 Å². The standard InChI is InChI=1S/C22H15ClN4/c23-17-11-5-4-10-16(17)14-27-21(15-8-2-1-3-9-15)26-20-22(27)25-19-13-7-6-12-18(19)24-20/h1-13H,14H2. The lowest BCUT2D eigenvalue weighted by molar-refractivity contribution is 0.825. The SMILES string of the molecule is Clc1ccccc1Cn1c(-c2ccccc2)nc2nc3ccccc3nc21. The van der Waals surface area contributed by atoms with Crippen molar-refractivity contribution in [3.8, 4) is 11.4 Å². The molecule has 5 rings (SSSR count). The Hall–Kier alpha value is -3.24. The molecule has 0 bridgehead atoms. The van der Waals surface area contributed by atoms with E-state index in [2.05, 4.69) is 4.57 Å². The largest absolute Gasteiger partial charge is 0.303 e. The summed E-state index contributed by atoms with van der Waals surface area (Å²) in [6.07, 6.45) is 0. The summed E-state index contributed by atoms with van der Waals surface area (Å²) in [6.45, 7) is 0.577. The Bertz CT molecular complexity index is 1260. The lowest BCUT2D eigenvalue weighted by Gasteiger charge is -2.10. The van der Waals surface area contributed by atoms with Crippen LogP contribution in [0.25, 0.3) is 33.7 Å². The third-order valence-corrected chi connectivity index (χ3v) is 4.94. The van der Waals surface area contributed by atoms with E-state index < -0.39 is 0 Å². The van der Waals surface area contributed by atoms with Crippen LogP contribution >= 0.6 is 11.6 Å². The Morgan fingerprint density at radius 3 is 2.15 bits per heavy atom. The van der Waals surface area contributed by atoms with E-state index in [0.29, 0.717) is 12.2 Å². The van der Waals surface area contributed by atoms with E-state index in [0.717, 1.165) is 38.7 Å². The molecule has 3 aromatic carbocycles. The van der Waals surface area contributed by atoms with Gasteiger partial charge in [0.25, 0.3) is 0 Å². The van der Waals surface area contributed by atoms with Gasteiger partial charge < -0.3 is 4.57 Å². The molecule has 2 aromatic heterocycles. The fourth-order valence-electron chi connectivity index (χ4n) is 3.25. The minimum absolute atomic E-state index is 0.577. The van der Waals surface area contributed by atoms with Crippen LogP contribution < -0.4 is 0 Å². The van der Waals surface area contributed by atoms with Gasteiger partial charge in [-0.3, -0.25) is 0 Å². The Balaban J connectivity index is 1.79. The number of para-hydroxylation sites is 2. The highest BCUT2D eigenvalue weighted by Crippen LogP contribution is 2.27. The number of aromatic nitrogens is 4.